The van der Waals surface area contributed by atoms with Gasteiger partial charge in [-0.2, -0.15) is 5.10 Å². The molecule has 0 saturated carbocycles. The van der Waals surface area contributed by atoms with Crippen LogP contribution in [0.15, 0.2) is 108 Å². The molecule has 2 N–H and O–H groups in total. The minimum atomic E-state index is -0.354. The van der Waals surface area contributed by atoms with E-state index < -0.39 is 0 Å². The molecule has 0 atom stereocenters. The van der Waals surface area contributed by atoms with Crippen LogP contribution in [0.2, 0.25) is 0 Å². The quantitative estimate of drug-likeness (QED) is 0.135. The fourth-order valence-electron chi connectivity index (χ4n) is 4.70. The summed E-state index contributed by atoms with van der Waals surface area (Å²) in [6.07, 6.45) is 0.306. The third-order valence-corrected chi connectivity index (χ3v) is 6.90. The van der Waals surface area contributed by atoms with Gasteiger partial charge >= 0.3 is 0 Å². The fraction of sp³-hybridized carbons (Fsp3) is 0.167. The summed E-state index contributed by atoms with van der Waals surface area (Å²) in [5.74, 6) is 1.02. The SMILES string of the molecule is COc1ccc(CC(=O)Nc2cccc(C(C)=NNC(=O)c3cc(-c4ccc(OC(C)C)cc4)nc4ccccc34)c2)cc1. The van der Waals surface area contributed by atoms with Crippen LogP contribution in [0.4, 0.5) is 5.69 Å². The summed E-state index contributed by atoms with van der Waals surface area (Å²) in [7, 11) is 1.60. The molecule has 0 aliphatic carbocycles. The molecule has 4 aromatic carbocycles. The van der Waals surface area contributed by atoms with Crippen LogP contribution in [-0.4, -0.2) is 35.7 Å². The summed E-state index contributed by atoms with van der Waals surface area (Å²) in [4.78, 5) is 30.9. The molecular formula is C36H34N4O4. The zero-order valence-electron chi connectivity index (χ0n) is 25.1. The van der Waals surface area contributed by atoms with E-state index in [-0.39, 0.29) is 24.3 Å². The van der Waals surface area contributed by atoms with Gasteiger partial charge in [0.05, 0.1) is 42.1 Å². The molecule has 8 nitrogen and oxygen atoms in total. The maximum absolute atomic E-state index is 13.4. The molecule has 0 saturated heterocycles. The van der Waals surface area contributed by atoms with Crippen LogP contribution in [0.25, 0.3) is 22.2 Å². The van der Waals surface area contributed by atoms with Crippen molar-refractivity contribution in [3.05, 3.63) is 120 Å². The number of ether oxygens (including phenoxy) is 2. The molecule has 0 bridgehead atoms. The monoisotopic (exact) mass is 586 g/mol. The summed E-state index contributed by atoms with van der Waals surface area (Å²) >= 11 is 0. The standard InChI is InChI=1S/C36H34N4O4/c1-23(2)44-30-18-14-26(15-19-30)34-22-32(31-10-5-6-11-33(31)38-34)36(42)40-39-24(3)27-8-7-9-28(21-27)37-35(41)20-25-12-16-29(43-4)17-13-25/h5-19,21-23H,20H2,1-4H3,(H,37,41)(H,40,42). The zero-order chi connectivity index (χ0) is 31.1. The van der Waals surface area contributed by atoms with Gasteiger partial charge in [0, 0.05) is 16.6 Å². The molecule has 8 heteroatoms. The van der Waals surface area contributed by atoms with Gasteiger partial charge in [0.15, 0.2) is 0 Å². The van der Waals surface area contributed by atoms with Crippen molar-refractivity contribution in [1.82, 2.24) is 10.4 Å². The number of aromatic nitrogens is 1. The van der Waals surface area contributed by atoms with Crippen molar-refractivity contribution in [2.24, 2.45) is 5.10 Å². The maximum Gasteiger partial charge on any atom is 0.272 e. The Bertz CT molecular complexity index is 1810. The molecule has 5 rings (SSSR count). The number of rotatable bonds is 10. The van der Waals surface area contributed by atoms with E-state index >= 15 is 0 Å². The summed E-state index contributed by atoms with van der Waals surface area (Å²) in [5.41, 5.74) is 8.27. The van der Waals surface area contributed by atoms with E-state index in [9.17, 15) is 9.59 Å². The molecule has 0 radical (unpaired) electrons. The lowest BCUT2D eigenvalue weighted by atomic mass is 10.0. The molecule has 0 aliphatic rings. The lowest BCUT2D eigenvalue weighted by Gasteiger charge is -2.12. The number of hydrogen-bond donors (Lipinski definition) is 2. The molecule has 5 aromatic rings. The highest BCUT2D eigenvalue weighted by Crippen LogP contribution is 2.27. The second kappa shape index (κ2) is 13.6. The van der Waals surface area contributed by atoms with Gasteiger partial charge in [0.1, 0.15) is 11.5 Å². The largest absolute Gasteiger partial charge is 0.497 e. The number of para-hydroxylation sites is 1. The Labute approximate surface area is 256 Å². The van der Waals surface area contributed by atoms with Crippen LogP contribution in [0.3, 0.4) is 0 Å². The summed E-state index contributed by atoms with van der Waals surface area (Å²) in [5, 5.41) is 8.04. The number of carbonyl (C=O) groups excluding carboxylic acids is 2. The number of nitrogens with one attached hydrogen (secondary N) is 2. The predicted octanol–water partition coefficient (Wildman–Crippen LogP) is 7.03. The lowest BCUT2D eigenvalue weighted by molar-refractivity contribution is -0.115. The Hall–Kier alpha value is -5.50. The second-order valence-electron chi connectivity index (χ2n) is 10.6. The Morgan fingerprint density at radius 2 is 1.59 bits per heavy atom. The third-order valence-electron chi connectivity index (χ3n) is 6.90. The summed E-state index contributed by atoms with van der Waals surface area (Å²) in [6, 6.07) is 31.7. The average Bonchev–Trinajstić information content (AvgIpc) is 3.03. The molecule has 0 fully saturated rings. The van der Waals surface area contributed by atoms with Crippen LogP contribution in [-0.2, 0) is 11.2 Å². The number of benzene rings is 4. The number of fused-ring (bicyclic) bond motifs is 1. The van der Waals surface area contributed by atoms with Crippen LogP contribution in [0, 0.1) is 0 Å². The molecule has 222 valence electrons. The first-order chi connectivity index (χ1) is 21.3. The van der Waals surface area contributed by atoms with Gasteiger partial charge < -0.3 is 14.8 Å². The van der Waals surface area contributed by atoms with Crippen LogP contribution in [0.1, 0.15) is 42.3 Å². The maximum atomic E-state index is 13.4. The van der Waals surface area contributed by atoms with Crippen molar-refractivity contribution < 1.29 is 19.1 Å². The molecular weight excluding hydrogens is 552 g/mol. The Morgan fingerprint density at radius 1 is 0.864 bits per heavy atom. The van der Waals surface area contributed by atoms with E-state index in [1.807, 2.05) is 111 Å². The van der Waals surface area contributed by atoms with E-state index in [4.69, 9.17) is 14.5 Å². The third kappa shape index (κ3) is 7.46. The highest BCUT2D eigenvalue weighted by atomic mass is 16.5. The number of hydrogen-bond acceptors (Lipinski definition) is 6. The van der Waals surface area contributed by atoms with E-state index in [0.717, 1.165) is 33.6 Å². The highest BCUT2D eigenvalue weighted by molar-refractivity contribution is 6.08. The van der Waals surface area contributed by atoms with E-state index in [1.54, 1.807) is 20.1 Å². The van der Waals surface area contributed by atoms with Crippen LogP contribution >= 0.6 is 0 Å². The zero-order valence-corrected chi connectivity index (χ0v) is 25.1. The fourth-order valence-corrected chi connectivity index (χ4v) is 4.70. The molecule has 0 unspecified atom stereocenters. The highest BCUT2D eigenvalue weighted by Gasteiger charge is 2.15. The number of carbonyl (C=O) groups is 2. The van der Waals surface area contributed by atoms with Crippen molar-refractivity contribution in [2.45, 2.75) is 33.3 Å². The molecule has 0 spiro atoms. The Balaban J connectivity index is 1.31. The van der Waals surface area contributed by atoms with Gasteiger partial charge in [0.2, 0.25) is 5.91 Å². The molecule has 44 heavy (non-hydrogen) atoms. The second-order valence-corrected chi connectivity index (χ2v) is 10.6. The minimum absolute atomic E-state index is 0.0743. The van der Waals surface area contributed by atoms with E-state index in [1.165, 1.54) is 0 Å². The predicted molar refractivity (Wildman–Crippen MR) is 174 cm³/mol. The van der Waals surface area contributed by atoms with Gasteiger partial charge in [-0.25, -0.2) is 10.4 Å². The molecule has 1 aromatic heterocycles. The topological polar surface area (TPSA) is 102 Å². The van der Waals surface area contributed by atoms with E-state index in [0.29, 0.717) is 28.2 Å². The van der Waals surface area contributed by atoms with Crippen LogP contribution in [0.5, 0.6) is 11.5 Å². The van der Waals surface area contributed by atoms with E-state index in [2.05, 4.69) is 15.8 Å². The Kier molecular flexibility index (Phi) is 9.30. The summed E-state index contributed by atoms with van der Waals surface area (Å²) < 4.78 is 10.9. The van der Waals surface area contributed by atoms with Gasteiger partial charge in [-0.1, -0.05) is 42.5 Å². The van der Waals surface area contributed by atoms with Crippen molar-refractivity contribution in [2.75, 3.05) is 12.4 Å². The van der Waals surface area contributed by atoms with Gasteiger partial charge in [-0.15, -0.1) is 0 Å². The van der Waals surface area contributed by atoms with Gasteiger partial charge in [0.25, 0.3) is 5.91 Å². The first kappa shape index (κ1) is 30.0. The number of anilines is 1. The average molecular weight is 587 g/mol. The van der Waals surface area contributed by atoms with Crippen molar-refractivity contribution in [3.8, 4) is 22.8 Å². The number of nitrogens with zero attached hydrogens (tertiary/aromatic N) is 2. The van der Waals surface area contributed by atoms with Crippen molar-refractivity contribution in [1.29, 1.82) is 0 Å². The number of methoxy groups -OCH3 is 1. The van der Waals surface area contributed by atoms with Crippen molar-refractivity contribution >= 4 is 34.1 Å². The van der Waals surface area contributed by atoms with Gasteiger partial charge in [-0.3, -0.25) is 9.59 Å². The summed E-state index contributed by atoms with van der Waals surface area (Å²) in [6.45, 7) is 5.76. The Morgan fingerprint density at radius 3 is 2.32 bits per heavy atom. The molecule has 1 heterocycles. The normalized spacial score (nSPS) is 11.3. The molecule has 2 amide bonds. The van der Waals surface area contributed by atoms with Crippen molar-refractivity contribution in [3.63, 3.8) is 0 Å². The first-order valence-corrected chi connectivity index (χ1v) is 14.3. The lowest BCUT2D eigenvalue weighted by Crippen LogP contribution is -2.20. The number of amides is 2. The number of pyridine rings is 1. The smallest absolute Gasteiger partial charge is 0.272 e. The molecule has 0 aliphatic heterocycles. The number of hydrazone groups is 1. The van der Waals surface area contributed by atoms with Gasteiger partial charge in [-0.05, 0) is 92.6 Å². The first-order valence-electron chi connectivity index (χ1n) is 14.3. The minimum Gasteiger partial charge on any atom is -0.497 e. The van der Waals surface area contributed by atoms with Crippen LogP contribution < -0.4 is 20.2 Å².